The maximum atomic E-state index is 4.15. The van der Waals surface area contributed by atoms with Crippen LogP contribution in [0.4, 0.5) is 0 Å². The third-order valence-corrected chi connectivity index (χ3v) is 3.02. The lowest BCUT2D eigenvalue weighted by atomic mass is 10.1. The van der Waals surface area contributed by atoms with Gasteiger partial charge in [-0.1, -0.05) is 13.8 Å². The molecule has 13 heavy (non-hydrogen) atoms. The zero-order valence-electron chi connectivity index (χ0n) is 7.92. The molecule has 0 aromatic carbocycles. The van der Waals surface area contributed by atoms with Crippen LogP contribution in [0.25, 0.3) is 0 Å². The van der Waals surface area contributed by atoms with Crippen molar-refractivity contribution in [2.24, 2.45) is 0 Å². The molecule has 0 unspecified atom stereocenters. The van der Waals surface area contributed by atoms with Crippen molar-refractivity contribution in [3.8, 4) is 0 Å². The average molecular weight is 241 g/mol. The summed E-state index contributed by atoms with van der Waals surface area (Å²) in [5.41, 5.74) is 2.45. The number of rotatable bonds is 2. The average Bonchev–Trinajstić information content (AvgIpc) is 2.87. The summed E-state index contributed by atoms with van der Waals surface area (Å²) in [6.07, 6.45) is 2.61. The van der Waals surface area contributed by atoms with Crippen LogP contribution in [0.3, 0.4) is 0 Å². The van der Waals surface area contributed by atoms with E-state index in [9.17, 15) is 0 Å². The third kappa shape index (κ3) is 1.90. The van der Waals surface area contributed by atoms with Gasteiger partial charge in [0.25, 0.3) is 0 Å². The Morgan fingerprint density at radius 2 is 2.08 bits per heavy atom. The summed E-state index contributed by atoms with van der Waals surface area (Å²) in [5, 5.41) is 8.28. The predicted octanol–water partition coefficient (Wildman–Crippen LogP) is 3.24. The summed E-state index contributed by atoms with van der Waals surface area (Å²) in [5.74, 6) is 1.21. The lowest BCUT2D eigenvalue weighted by Crippen LogP contribution is -1.98. The Balaban J connectivity index is 2.36. The second-order valence-electron chi connectivity index (χ2n) is 3.94. The van der Waals surface area contributed by atoms with Crippen molar-refractivity contribution in [3.05, 3.63) is 21.9 Å². The topological polar surface area (TPSA) is 25.8 Å². The zero-order valence-corrected chi connectivity index (χ0v) is 9.50. The van der Waals surface area contributed by atoms with E-state index in [0.717, 1.165) is 16.2 Å². The van der Waals surface area contributed by atoms with Crippen molar-refractivity contribution in [3.63, 3.8) is 0 Å². The Labute approximate surface area is 86.9 Å². The molecule has 0 spiro atoms. The summed E-state index contributed by atoms with van der Waals surface area (Å²) in [6.45, 7) is 4.29. The van der Waals surface area contributed by atoms with Crippen molar-refractivity contribution >= 4 is 15.9 Å². The summed E-state index contributed by atoms with van der Waals surface area (Å²) < 4.78 is 0.930. The first-order chi connectivity index (χ1) is 6.18. The SMILES string of the molecule is CC(C)c1cc(C2CC2)c(Br)nn1. The minimum absolute atomic E-state index is 0.470. The molecule has 1 saturated carbocycles. The van der Waals surface area contributed by atoms with Crippen LogP contribution in [0.5, 0.6) is 0 Å². The quantitative estimate of drug-likeness (QED) is 0.794. The first-order valence-corrected chi connectivity index (χ1v) is 5.51. The van der Waals surface area contributed by atoms with Crippen LogP contribution in [0.1, 0.15) is 49.8 Å². The van der Waals surface area contributed by atoms with Gasteiger partial charge in [-0.3, -0.25) is 0 Å². The molecule has 0 aliphatic heterocycles. The van der Waals surface area contributed by atoms with Crippen LogP contribution < -0.4 is 0 Å². The van der Waals surface area contributed by atoms with E-state index in [1.54, 1.807) is 0 Å². The Bertz CT molecular complexity index is 319. The van der Waals surface area contributed by atoms with E-state index in [-0.39, 0.29) is 0 Å². The Kier molecular flexibility index (Phi) is 2.37. The van der Waals surface area contributed by atoms with E-state index in [2.05, 4.69) is 46.0 Å². The van der Waals surface area contributed by atoms with Gasteiger partial charge in [-0.2, -0.15) is 5.10 Å². The summed E-state index contributed by atoms with van der Waals surface area (Å²) >= 11 is 3.45. The van der Waals surface area contributed by atoms with E-state index >= 15 is 0 Å². The van der Waals surface area contributed by atoms with Gasteiger partial charge in [-0.25, -0.2) is 0 Å². The smallest absolute Gasteiger partial charge is 0.132 e. The zero-order chi connectivity index (χ0) is 9.42. The van der Waals surface area contributed by atoms with Crippen LogP contribution in [0.15, 0.2) is 10.7 Å². The number of nitrogens with zero attached hydrogens (tertiary/aromatic N) is 2. The maximum absolute atomic E-state index is 4.15. The van der Waals surface area contributed by atoms with Crippen molar-refractivity contribution in [1.29, 1.82) is 0 Å². The van der Waals surface area contributed by atoms with Gasteiger partial charge in [0.2, 0.25) is 0 Å². The highest BCUT2D eigenvalue weighted by Gasteiger charge is 2.27. The molecule has 1 aromatic rings. The van der Waals surface area contributed by atoms with Gasteiger partial charge in [-0.15, -0.1) is 5.10 Å². The van der Waals surface area contributed by atoms with E-state index in [4.69, 9.17) is 0 Å². The van der Waals surface area contributed by atoms with Crippen LogP contribution >= 0.6 is 15.9 Å². The molecule has 0 radical (unpaired) electrons. The molecule has 0 saturated heterocycles. The second kappa shape index (κ2) is 3.37. The predicted molar refractivity (Wildman–Crippen MR) is 55.8 cm³/mol. The molecule has 1 aliphatic rings. The fourth-order valence-corrected chi connectivity index (χ4v) is 1.89. The fourth-order valence-electron chi connectivity index (χ4n) is 1.37. The highest BCUT2D eigenvalue weighted by molar-refractivity contribution is 9.10. The van der Waals surface area contributed by atoms with Gasteiger partial charge < -0.3 is 0 Å². The highest BCUT2D eigenvalue weighted by Crippen LogP contribution is 2.42. The Hall–Kier alpha value is -0.440. The molecule has 3 heteroatoms. The van der Waals surface area contributed by atoms with Crippen LogP contribution in [-0.4, -0.2) is 10.2 Å². The first kappa shape index (κ1) is 9.13. The van der Waals surface area contributed by atoms with E-state index < -0.39 is 0 Å². The highest BCUT2D eigenvalue weighted by atomic mass is 79.9. The van der Waals surface area contributed by atoms with Crippen LogP contribution in [0, 0.1) is 0 Å². The molecule has 1 fully saturated rings. The molecule has 1 aliphatic carbocycles. The van der Waals surface area contributed by atoms with Gasteiger partial charge in [0.05, 0.1) is 5.69 Å². The van der Waals surface area contributed by atoms with Crippen molar-refractivity contribution in [1.82, 2.24) is 10.2 Å². The van der Waals surface area contributed by atoms with E-state index in [1.165, 1.54) is 18.4 Å². The molecule has 0 N–H and O–H groups in total. The fraction of sp³-hybridized carbons (Fsp3) is 0.600. The molecule has 2 rings (SSSR count). The minimum Gasteiger partial charge on any atom is -0.154 e. The van der Waals surface area contributed by atoms with Crippen LogP contribution in [0.2, 0.25) is 0 Å². The monoisotopic (exact) mass is 240 g/mol. The van der Waals surface area contributed by atoms with E-state index in [0.29, 0.717) is 5.92 Å². The third-order valence-electron chi connectivity index (χ3n) is 2.40. The number of hydrogen-bond acceptors (Lipinski definition) is 2. The maximum Gasteiger partial charge on any atom is 0.132 e. The molecular formula is C10H13BrN2. The van der Waals surface area contributed by atoms with Gasteiger partial charge >= 0.3 is 0 Å². The standard InChI is InChI=1S/C10H13BrN2/c1-6(2)9-5-8(7-3-4-7)10(11)13-12-9/h5-7H,3-4H2,1-2H3. The molecule has 2 nitrogen and oxygen atoms in total. The van der Waals surface area contributed by atoms with Gasteiger partial charge in [0.15, 0.2) is 0 Å². The van der Waals surface area contributed by atoms with Crippen molar-refractivity contribution in [2.45, 2.75) is 38.5 Å². The molecule has 0 amide bonds. The summed E-state index contributed by atoms with van der Waals surface area (Å²) in [4.78, 5) is 0. The van der Waals surface area contributed by atoms with E-state index in [1.807, 2.05) is 0 Å². The van der Waals surface area contributed by atoms with Gasteiger partial charge in [0, 0.05) is 0 Å². The van der Waals surface area contributed by atoms with Gasteiger partial charge in [0.1, 0.15) is 4.60 Å². The van der Waals surface area contributed by atoms with Gasteiger partial charge in [-0.05, 0) is 52.2 Å². The number of hydrogen-bond donors (Lipinski definition) is 0. The Morgan fingerprint density at radius 3 is 2.62 bits per heavy atom. The number of aromatic nitrogens is 2. The lowest BCUT2D eigenvalue weighted by Gasteiger charge is -2.06. The molecule has 1 aromatic heterocycles. The largest absolute Gasteiger partial charge is 0.154 e. The summed E-state index contributed by atoms with van der Waals surface area (Å²) in [7, 11) is 0. The van der Waals surface area contributed by atoms with Crippen LogP contribution in [-0.2, 0) is 0 Å². The first-order valence-electron chi connectivity index (χ1n) is 4.71. The molecule has 70 valence electrons. The second-order valence-corrected chi connectivity index (χ2v) is 4.70. The minimum atomic E-state index is 0.470. The summed E-state index contributed by atoms with van der Waals surface area (Å²) in [6, 6.07) is 2.19. The molecule has 0 atom stereocenters. The van der Waals surface area contributed by atoms with Crippen molar-refractivity contribution in [2.75, 3.05) is 0 Å². The number of halogens is 1. The molecule has 1 heterocycles. The van der Waals surface area contributed by atoms with Crippen molar-refractivity contribution < 1.29 is 0 Å². The molecular weight excluding hydrogens is 228 g/mol. The normalized spacial score (nSPS) is 16.6. The molecule has 0 bridgehead atoms. The Morgan fingerprint density at radius 1 is 1.38 bits per heavy atom. The lowest BCUT2D eigenvalue weighted by molar-refractivity contribution is 0.770.